The molecule has 0 saturated carbocycles. The molecule has 156 valence electrons. The fraction of sp³-hybridized carbons (Fsp3) is 0.524. The van der Waals surface area contributed by atoms with E-state index in [0.717, 1.165) is 55.6 Å². The number of aryl methyl sites for hydroxylation is 2. The number of rotatable bonds is 9. The summed E-state index contributed by atoms with van der Waals surface area (Å²) >= 11 is 0. The third kappa shape index (κ3) is 7.33. The molecule has 1 unspecified atom stereocenters. The van der Waals surface area contributed by atoms with E-state index in [0.29, 0.717) is 5.92 Å². The van der Waals surface area contributed by atoms with Gasteiger partial charge in [-0.25, -0.2) is 0 Å². The van der Waals surface area contributed by atoms with Crippen molar-refractivity contribution in [3.8, 4) is 5.75 Å². The number of methoxy groups -OCH3 is 1. The standard InChI is InChI=1S/C21H32N4O2.HI/c1-6-22-21(24-14-12-20-16(3)25-27-17(20)4)23-13-11-15(2)18-7-9-19(26-5)10-8-18;/h7-10,15H,6,11-14H2,1-5H3,(H2,22,23,24);1H. The Balaban J connectivity index is 0.00000392. The summed E-state index contributed by atoms with van der Waals surface area (Å²) < 4.78 is 10.4. The summed E-state index contributed by atoms with van der Waals surface area (Å²) in [4.78, 5) is 4.71. The smallest absolute Gasteiger partial charge is 0.191 e. The zero-order valence-electron chi connectivity index (χ0n) is 17.5. The number of benzene rings is 1. The third-order valence-electron chi connectivity index (χ3n) is 4.71. The van der Waals surface area contributed by atoms with E-state index < -0.39 is 0 Å². The van der Waals surface area contributed by atoms with Crippen molar-refractivity contribution >= 4 is 29.9 Å². The van der Waals surface area contributed by atoms with Crippen LogP contribution in [0.3, 0.4) is 0 Å². The van der Waals surface area contributed by atoms with Gasteiger partial charge in [0.2, 0.25) is 0 Å². The molecule has 2 N–H and O–H groups in total. The maximum Gasteiger partial charge on any atom is 0.191 e. The topological polar surface area (TPSA) is 71.7 Å². The first-order valence-electron chi connectivity index (χ1n) is 9.63. The molecule has 0 aliphatic carbocycles. The minimum Gasteiger partial charge on any atom is -0.497 e. The van der Waals surface area contributed by atoms with Gasteiger partial charge in [0.15, 0.2) is 5.96 Å². The third-order valence-corrected chi connectivity index (χ3v) is 4.71. The summed E-state index contributed by atoms with van der Waals surface area (Å²) in [6, 6.07) is 8.27. The van der Waals surface area contributed by atoms with Crippen molar-refractivity contribution in [2.75, 3.05) is 26.7 Å². The highest BCUT2D eigenvalue weighted by molar-refractivity contribution is 14.0. The first-order chi connectivity index (χ1) is 13.0. The van der Waals surface area contributed by atoms with Crippen molar-refractivity contribution < 1.29 is 9.26 Å². The lowest BCUT2D eigenvalue weighted by Gasteiger charge is -2.13. The Morgan fingerprint density at radius 2 is 1.93 bits per heavy atom. The van der Waals surface area contributed by atoms with E-state index in [1.54, 1.807) is 7.11 Å². The lowest BCUT2D eigenvalue weighted by atomic mass is 9.98. The number of ether oxygens (including phenoxy) is 1. The second kappa shape index (κ2) is 12.6. The molecule has 0 spiro atoms. The van der Waals surface area contributed by atoms with Crippen LogP contribution in [0.1, 0.15) is 48.8 Å². The molecule has 2 aromatic rings. The number of halogens is 1. The van der Waals surface area contributed by atoms with Gasteiger partial charge in [-0.1, -0.05) is 24.2 Å². The molecule has 1 atom stereocenters. The number of hydrogen-bond donors (Lipinski definition) is 2. The summed E-state index contributed by atoms with van der Waals surface area (Å²) in [6.45, 7) is 10.6. The highest BCUT2D eigenvalue weighted by Gasteiger charge is 2.09. The van der Waals surface area contributed by atoms with Crippen molar-refractivity contribution in [2.24, 2.45) is 4.99 Å². The molecule has 7 heteroatoms. The van der Waals surface area contributed by atoms with Gasteiger partial charge in [0.05, 0.1) is 12.8 Å². The maximum absolute atomic E-state index is 5.22. The molecule has 0 bridgehead atoms. The molecule has 0 aliphatic heterocycles. The van der Waals surface area contributed by atoms with E-state index in [-0.39, 0.29) is 24.0 Å². The fourth-order valence-electron chi connectivity index (χ4n) is 2.98. The molecule has 6 nitrogen and oxygen atoms in total. The highest BCUT2D eigenvalue weighted by Crippen LogP contribution is 2.21. The molecule has 28 heavy (non-hydrogen) atoms. The van der Waals surface area contributed by atoms with Crippen LogP contribution < -0.4 is 15.4 Å². The summed E-state index contributed by atoms with van der Waals surface area (Å²) in [5.41, 5.74) is 3.44. The Morgan fingerprint density at radius 1 is 1.21 bits per heavy atom. The molecule has 0 fully saturated rings. The number of nitrogens with one attached hydrogen (secondary N) is 2. The van der Waals surface area contributed by atoms with Gasteiger partial charge in [-0.05, 0) is 57.2 Å². The molecule has 1 aromatic heterocycles. The van der Waals surface area contributed by atoms with Crippen LogP contribution in [0.2, 0.25) is 0 Å². The van der Waals surface area contributed by atoms with Crippen LogP contribution >= 0.6 is 24.0 Å². The second-order valence-corrected chi connectivity index (χ2v) is 6.70. The van der Waals surface area contributed by atoms with Gasteiger partial charge in [0, 0.05) is 25.2 Å². The highest BCUT2D eigenvalue weighted by atomic mass is 127. The Kier molecular flexibility index (Phi) is 11.0. The first kappa shape index (κ1) is 24.3. The predicted octanol–water partition coefficient (Wildman–Crippen LogP) is 4.21. The lowest BCUT2D eigenvalue weighted by molar-refractivity contribution is 0.392. The second-order valence-electron chi connectivity index (χ2n) is 6.70. The average molecular weight is 500 g/mol. The van der Waals surface area contributed by atoms with Crippen molar-refractivity contribution in [1.82, 2.24) is 15.8 Å². The minimum absolute atomic E-state index is 0. The molecular formula is C21H33IN4O2. The number of nitrogens with zero attached hydrogens (tertiary/aromatic N) is 2. The van der Waals surface area contributed by atoms with Gasteiger partial charge in [-0.3, -0.25) is 4.99 Å². The quantitative estimate of drug-likeness (QED) is 0.307. The van der Waals surface area contributed by atoms with Crippen LogP contribution in [0.5, 0.6) is 5.75 Å². The van der Waals surface area contributed by atoms with E-state index in [1.807, 2.05) is 26.0 Å². The van der Waals surface area contributed by atoms with Gasteiger partial charge >= 0.3 is 0 Å². The van der Waals surface area contributed by atoms with Crippen molar-refractivity contribution in [3.05, 3.63) is 46.8 Å². The molecule has 0 saturated heterocycles. The van der Waals surface area contributed by atoms with Crippen LogP contribution in [0, 0.1) is 13.8 Å². The Bertz CT molecular complexity index is 709. The van der Waals surface area contributed by atoms with Crippen LogP contribution in [-0.4, -0.2) is 37.9 Å². The Hall–Kier alpha value is -1.77. The lowest BCUT2D eigenvalue weighted by Crippen LogP contribution is -2.38. The van der Waals surface area contributed by atoms with Gasteiger partial charge in [0.25, 0.3) is 0 Å². The Labute approximate surface area is 185 Å². The van der Waals surface area contributed by atoms with Crippen LogP contribution in [0.4, 0.5) is 0 Å². The van der Waals surface area contributed by atoms with E-state index in [9.17, 15) is 0 Å². The normalized spacial score (nSPS) is 12.2. The van der Waals surface area contributed by atoms with Crippen LogP contribution in [0.15, 0.2) is 33.8 Å². The monoisotopic (exact) mass is 500 g/mol. The maximum atomic E-state index is 5.22. The molecule has 0 radical (unpaired) electrons. The molecule has 2 rings (SSSR count). The number of hydrogen-bond acceptors (Lipinski definition) is 4. The van der Waals surface area contributed by atoms with E-state index >= 15 is 0 Å². The van der Waals surface area contributed by atoms with E-state index in [4.69, 9.17) is 14.3 Å². The Morgan fingerprint density at radius 3 is 2.50 bits per heavy atom. The van der Waals surface area contributed by atoms with E-state index in [2.05, 4.69) is 41.8 Å². The summed E-state index contributed by atoms with van der Waals surface area (Å²) in [5.74, 6) is 3.08. The molecule has 1 heterocycles. The predicted molar refractivity (Wildman–Crippen MR) is 125 cm³/mol. The van der Waals surface area contributed by atoms with Gasteiger partial charge in [0.1, 0.15) is 11.5 Å². The van der Waals surface area contributed by atoms with Crippen LogP contribution in [-0.2, 0) is 6.42 Å². The number of aliphatic imine (C=N–C) groups is 1. The van der Waals surface area contributed by atoms with Gasteiger partial charge < -0.3 is 19.9 Å². The fourth-order valence-corrected chi connectivity index (χ4v) is 2.98. The van der Waals surface area contributed by atoms with Crippen molar-refractivity contribution in [2.45, 2.75) is 46.5 Å². The van der Waals surface area contributed by atoms with E-state index in [1.165, 1.54) is 11.1 Å². The summed E-state index contributed by atoms with van der Waals surface area (Å²) in [7, 11) is 1.69. The number of guanidine groups is 1. The largest absolute Gasteiger partial charge is 0.497 e. The summed E-state index contributed by atoms with van der Waals surface area (Å²) in [6.07, 6.45) is 1.86. The molecule has 0 amide bonds. The average Bonchev–Trinajstić information content (AvgIpc) is 3.00. The number of aromatic nitrogens is 1. The molecule has 0 aliphatic rings. The van der Waals surface area contributed by atoms with Crippen LogP contribution in [0.25, 0.3) is 0 Å². The SMILES string of the molecule is CCNC(=NCCC(C)c1ccc(OC)cc1)NCCc1c(C)noc1C.I. The minimum atomic E-state index is 0. The first-order valence-corrected chi connectivity index (χ1v) is 9.63. The molecule has 1 aromatic carbocycles. The molecular weight excluding hydrogens is 467 g/mol. The van der Waals surface area contributed by atoms with Crippen molar-refractivity contribution in [3.63, 3.8) is 0 Å². The zero-order valence-corrected chi connectivity index (χ0v) is 19.9. The van der Waals surface area contributed by atoms with Gasteiger partial charge in [-0.15, -0.1) is 24.0 Å². The summed E-state index contributed by atoms with van der Waals surface area (Å²) in [5, 5.41) is 10.7. The van der Waals surface area contributed by atoms with Crippen molar-refractivity contribution in [1.29, 1.82) is 0 Å². The zero-order chi connectivity index (χ0) is 19.6. The van der Waals surface area contributed by atoms with Gasteiger partial charge in [-0.2, -0.15) is 0 Å².